The van der Waals surface area contributed by atoms with Crippen LogP contribution in [-0.2, 0) is 16.1 Å². The maximum absolute atomic E-state index is 12.2. The molecule has 0 aromatic carbocycles. The number of rotatable bonds is 4. The molecule has 0 spiro atoms. The van der Waals surface area contributed by atoms with Crippen molar-refractivity contribution in [2.75, 3.05) is 5.75 Å². The molecule has 7 heteroatoms. The smallest absolute Gasteiger partial charge is 0.243 e. The summed E-state index contributed by atoms with van der Waals surface area (Å²) in [7, 11) is 0. The van der Waals surface area contributed by atoms with E-state index in [1.807, 2.05) is 20.8 Å². The molecular weight excluding hydrogens is 318 g/mol. The molecule has 122 valence electrons. The van der Waals surface area contributed by atoms with Crippen molar-refractivity contribution in [1.29, 1.82) is 0 Å². The number of aryl methyl sites for hydroxylation is 1. The van der Waals surface area contributed by atoms with Crippen LogP contribution in [0.1, 0.15) is 49.2 Å². The van der Waals surface area contributed by atoms with E-state index in [9.17, 15) is 9.59 Å². The maximum atomic E-state index is 12.2. The monoisotopic (exact) mass is 341 g/mol. The minimum absolute atomic E-state index is 0.0834. The molecule has 1 saturated heterocycles. The molecule has 1 aromatic heterocycles. The van der Waals surface area contributed by atoms with Gasteiger partial charge in [-0.25, -0.2) is 4.98 Å². The summed E-state index contributed by atoms with van der Waals surface area (Å²) in [5, 5.41) is 6.80. The molecule has 0 unspecified atom stereocenters. The second-order valence-corrected chi connectivity index (χ2v) is 9.04. The minimum Gasteiger partial charge on any atom is -0.349 e. The Balaban J connectivity index is 1.92. The van der Waals surface area contributed by atoms with Gasteiger partial charge in [0.1, 0.15) is 6.04 Å². The van der Waals surface area contributed by atoms with Crippen molar-refractivity contribution >= 4 is 34.9 Å². The molecule has 5 nitrogen and oxygen atoms in total. The molecular formula is C15H23N3O2S2. The summed E-state index contributed by atoms with van der Waals surface area (Å²) < 4.78 is -0.461. The quantitative estimate of drug-likeness (QED) is 0.881. The zero-order valence-electron chi connectivity index (χ0n) is 13.6. The number of amides is 2. The van der Waals surface area contributed by atoms with Crippen LogP contribution >= 0.6 is 23.1 Å². The van der Waals surface area contributed by atoms with Crippen LogP contribution in [-0.4, -0.2) is 33.3 Å². The molecule has 2 rings (SSSR count). The summed E-state index contributed by atoms with van der Waals surface area (Å²) in [6, 6.07) is -0.455. The molecule has 0 saturated carbocycles. The van der Waals surface area contributed by atoms with Crippen LogP contribution in [0.15, 0.2) is 0 Å². The number of nitrogens with zero attached hydrogens (tertiary/aromatic N) is 1. The molecule has 1 aliphatic heterocycles. The predicted octanol–water partition coefficient (Wildman–Crippen LogP) is 2.20. The lowest BCUT2D eigenvalue weighted by atomic mass is 10.1. The topological polar surface area (TPSA) is 71.1 Å². The molecule has 1 aliphatic rings. The normalized spacial score (nSPS) is 20.8. The van der Waals surface area contributed by atoms with Crippen molar-refractivity contribution in [3.63, 3.8) is 0 Å². The van der Waals surface area contributed by atoms with Gasteiger partial charge in [-0.3, -0.25) is 9.59 Å². The number of carbonyl (C=O) groups is 2. The predicted molar refractivity (Wildman–Crippen MR) is 91.3 cm³/mol. The first-order valence-electron chi connectivity index (χ1n) is 7.39. The van der Waals surface area contributed by atoms with Crippen molar-refractivity contribution in [3.8, 4) is 0 Å². The number of aromatic nitrogens is 1. The third-order valence-corrected chi connectivity index (χ3v) is 6.47. The van der Waals surface area contributed by atoms with Crippen molar-refractivity contribution in [2.45, 2.75) is 57.9 Å². The third kappa shape index (κ3) is 3.81. The van der Waals surface area contributed by atoms with Gasteiger partial charge >= 0.3 is 0 Å². The lowest BCUT2D eigenvalue weighted by Crippen LogP contribution is -2.57. The summed E-state index contributed by atoms with van der Waals surface area (Å²) in [4.78, 5) is 29.7. The highest BCUT2D eigenvalue weighted by Crippen LogP contribution is 2.29. The Bertz CT molecular complexity index is 581. The first-order chi connectivity index (χ1) is 10.2. The molecule has 0 aliphatic carbocycles. The SMILES string of the molecule is Cc1nc(C(C)C)sc1CNC(=O)[C@@H]1CSC(C)(C)C(=O)N1. The van der Waals surface area contributed by atoms with E-state index in [0.29, 0.717) is 18.2 Å². The standard InChI is InChI=1S/C15H23N3O2S2/c1-8(2)13-17-9(3)11(22-13)6-16-12(19)10-7-21-15(4,5)14(20)18-10/h8,10H,6-7H2,1-5H3,(H,16,19)(H,18,20)/t10-/m0/s1. The van der Waals surface area contributed by atoms with E-state index in [0.717, 1.165) is 15.6 Å². The number of thioether (sulfide) groups is 1. The lowest BCUT2D eigenvalue weighted by Gasteiger charge is -2.32. The van der Waals surface area contributed by atoms with Gasteiger partial charge in [-0.15, -0.1) is 23.1 Å². The molecule has 1 aromatic rings. The van der Waals surface area contributed by atoms with E-state index in [4.69, 9.17) is 0 Å². The molecule has 1 fully saturated rings. The fraction of sp³-hybridized carbons (Fsp3) is 0.667. The average molecular weight is 342 g/mol. The maximum Gasteiger partial charge on any atom is 0.243 e. The Morgan fingerprint density at radius 1 is 1.50 bits per heavy atom. The molecule has 0 radical (unpaired) electrons. The lowest BCUT2D eigenvalue weighted by molar-refractivity contribution is -0.129. The van der Waals surface area contributed by atoms with Gasteiger partial charge < -0.3 is 10.6 Å². The van der Waals surface area contributed by atoms with Crippen molar-refractivity contribution in [3.05, 3.63) is 15.6 Å². The van der Waals surface area contributed by atoms with E-state index >= 15 is 0 Å². The highest BCUT2D eigenvalue weighted by molar-refractivity contribution is 8.01. The van der Waals surface area contributed by atoms with Gasteiger partial charge in [0.25, 0.3) is 0 Å². The number of hydrogen-bond acceptors (Lipinski definition) is 5. The van der Waals surface area contributed by atoms with Crippen LogP contribution in [0.5, 0.6) is 0 Å². The zero-order chi connectivity index (χ0) is 16.5. The van der Waals surface area contributed by atoms with Crippen LogP contribution in [0.4, 0.5) is 0 Å². The molecule has 2 N–H and O–H groups in total. The highest BCUT2D eigenvalue weighted by atomic mass is 32.2. The van der Waals surface area contributed by atoms with Crippen LogP contribution in [0.25, 0.3) is 0 Å². The largest absolute Gasteiger partial charge is 0.349 e. The second-order valence-electron chi connectivity index (χ2n) is 6.28. The number of thiazole rings is 1. The number of carbonyl (C=O) groups excluding carboxylic acids is 2. The van der Waals surface area contributed by atoms with Crippen LogP contribution in [0, 0.1) is 6.92 Å². The Labute approximate surface area is 139 Å². The molecule has 2 amide bonds. The summed E-state index contributed by atoms with van der Waals surface area (Å²) in [6.45, 7) is 10.4. The van der Waals surface area contributed by atoms with Crippen molar-refractivity contribution in [1.82, 2.24) is 15.6 Å². The fourth-order valence-corrected chi connectivity index (χ4v) is 4.04. The summed E-state index contributed by atoms with van der Waals surface area (Å²) in [5.41, 5.74) is 0.970. The first kappa shape index (κ1) is 17.3. The number of nitrogens with one attached hydrogen (secondary N) is 2. The van der Waals surface area contributed by atoms with E-state index in [-0.39, 0.29) is 11.8 Å². The Kier molecular flexibility index (Phi) is 5.17. The van der Waals surface area contributed by atoms with Gasteiger partial charge in [0.2, 0.25) is 11.8 Å². The highest BCUT2D eigenvalue weighted by Gasteiger charge is 2.37. The van der Waals surface area contributed by atoms with E-state index in [1.165, 1.54) is 11.8 Å². The Hall–Kier alpha value is -1.08. The van der Waals surface area contributed by atoms with Gasteiger partial charge in [-0.05, 0) is 20.8 Å². The summed E-state index contributed by atoms with van der Waals surface area (Å²) in [6.07, 6.45) is 0. The van der Waals surface area contributed by atoms with E-state index in [2.05, 4.69) is 29.5 Å². The van der Waals surface area contributed by atoms with Crippen LogP contribution in [0.2, 0.25) is 0 Å². The molecule has 2 heterocycles. The summed E-state index contributed by atoms with van der Waals surface area (Å²) >= 11 is 3.15. The number of hydrogen-bond donors (Lipinski definition) is 2. The van der Waals surface area contributed by atoms with Crippen LogP contribution < -0.4 is 10.6 Å². The van der Waals surface area contributed by atoms with Gasteiger partial charge in [0.05, 0.1) is 22.0 Å². The van der Waals surface area contributed by atoms with Gasteiger partial charge in [0.15, 0.2) is 0 Å². The third-order valence-electron chi connectivity index (χ3n) is 3.61. The van der Waals surface area contributed by atoms with Crippen LogP contribution in [0.3, 0.4) is 0 Å². The van der Waals surface area contributed by atoms with Gasteiger partial charge in [-0.2, -0.15) is 0 Å². The Morgan fingerprint density at radius 2 is 2.18 bits per heavy atom. The molecule has 1 atom stereocenters. The first-order valence-corrected chi connectivity index (χ1v) is 9.19. The minimum atomic E-state index is -0.461. The second kappa shape index (κ2) is 6.58. The van der Waals surface area contributed by atoms with Crippen molar-refractivity contribution < 1.29 is 9.59 Å². The van der Waals surface area contributed by atoms with Gasteiger partial charge in [0, 0.05) is 16.5 Å². The van der Waals surface area contributed by atoms with Crippen molar-refractivity contribution in [2.24, 2.45) is 0 Å². The average Bonchev–Trinajstić information content (AvgIpc) is 2.81. The zero-order valence-corrected chi connectivity index (χ0v) is 15.3. The molecule has 0 bridgehead atoms. The Morgan fingerprint density at radius 3 is 2.73 bits per heavy atom. The van der Waals surface area contributed by atoms with E-state index in [1.54, 1.807) is 11.3 Å². The van der Waals surface area contributed by atoms with Gasteiger partial charge in [-0.1, -0.05) is 13.8 Å². The van der Waals surface area contributed by atoms with E-state index < -0.39 is 10.8 Å². The summed E-state index contributed by atoms with van der Waals surface area (Å²) in [5.74, 6) is 0.781. The molecule has 22 heavy (non-hydrogen) atoms. The fourth-order valence-electron chi connectivity index (χ4n) is 2.02.